The first-order valence-corrected chi connectivity index (χ1v) is 11.0. The van der Waals surface area contributed by atoms with E-state index in [9.17, 15) is 9.59 Å². The van der Waals surface area contributed by atoms with Gasteiger partial charge in [-0.15, -0.1) is 0 Å². The predicted molar refractivity (Wildman–Crippen MR) is 113 cm³/mol. The molecule has 9 nitrogen and oxygen atoms in total. The van der Waals surface area contributed by atoms with Gasteiger partial charge in [-0.2, -0.15) is 5.10 Å². The number of piperidine rings is 1. The van der Waals surface area contributed by atoms with Crippen LogP contribution in [0.2, 0.25) is 0 Å². The lowest BCUT2D eigenvalue weighted by Crippen LogP contribution is -2.38. The molecule has 2 amide bonds. The summed E-state index contributed by atoms with van der Waals surface area (Å²) >= 11 is 0. The number of rotatable bonds is 7. The number of carbonyl (C=O) groups excluding carboxylic acids is 2. The molecule has 1 aromatic heterocycles. The van der Waals surface area contributed by atoms with E-state index in [1.54, 1.807) is 18.2 Å². The lowest BCUT2D eigenvalue weighted by molar-refractivity contribution is -0.134. The number of benzene rings is 1. The van der Waals surface area contributed by atoms with Crippen molar-refractivity contribution in [3.05, 3.63) is 35.9 Å². The molecule has 2 aliphatic rings. The normalized spacial score (nSPS) is 18.2. The molecule has 1 aromatic carbocycles. The molecule has 0 saturated carbocycles. The van der Waals surface area contributed by atoms with E-state index >= 15 is 0 Å². The quantitative estimate of drug-likeness (QED) is 0.728. The van der Waals surface area contributed by atoms with E-state index in [1.807, 2.05) is 16.5 Å². The van der Waals surface area contributed by atoms with Crippen molar-refractivity contribution in [3.63, 3.8) is 0 Å². The van der Waals surface area contributed by atoms with Gasteiger partial charge in [0, 0.05) is 25.2 Å². The molecule has 166 valence electrons. The summed E-state index contributed by atoms with van der Waals surface area (Å²) < 4.78 is 13.3. The number of nitrogens with zero attached hydrogens (tertiary/aromatic N) is 4. The third-order valence-electron chi connectivity index (χ3n) is 5.69. The van der Waals surface area contributed by atoms with Gasteiger partial charge in [0.2, 0.25) is 0 Å². The third-order valence-corrected chi connectivity index (χ3v) is 5.69. The van der Waals surface area contributed by atoms with Gasteiger partial charge >= 0.3 is 0 Å². The topological polar surface area (TPSA) is 98.6 Å². The van der Waals surface area contributed by atoms with Crippen LogP contribution in [0.1, 0.15) is 61.3 Å². The highest BCUT2D eigenvalue weighted by Crippen LogP contribution is 2.29. The van der Waals surface area contributed by atoms with Crippen molar-refractivity contribution in [1.29, 1.82) is 0 Å². The molecule has 2 aliphatic heterocycles. The van der Waals surface area contributed by atoms with E-state index in [-0.39, 0.29) is 24.5 Å². The summed E-state index contributed by atoms with van der Waals surface area (Å²) in [5.74, 6) is 1.46. The molecular weight excluding hydrogens is 398 g/mol. The highest BCUT2D eigenvalue weighted by molar-refractivity contribution is 5.95. The molecule has 3 heterocycles. The molecule has 1 fully saturated rings. The van der Waals surface area contributed by atoms with Crippen LogP contribution in [0.4, 0.5) is 0 Å². The van der Waals surface area contributed by atoms with Crippen molar-refractivity contribution >= 4 is 11.8 Å². The zero-order valence-electron chi connectivity index (χ0n) is 17.9. The number of aryl methyl sites for hydroxylation is 1. The summed E-state index contributed by atoms with van der Waals surface area (Å²) in [5.41, 5.74) is 0.467. The van der Waals surface area contributed by atoms with Crippen molar-refractivity contribution < 1.29 is 19.1 Å². The molecule has 1 N–H and O–H groups in total. The summed E-state index contributed by atoms with van der Waals surface area (Å²) in [7, 11) is 0. The molecular formula is C22H29N5O4. The maximum Gasteiger partial charge on any atom is 0.260 e. The number of carbonyl (C=O) groups is 2. The lowest BCUT2D eigenvalue weighted by atomic mass is 10.1. The summed E-state index contributed by atoms with van der Waals surface area (Å²) in [6.45, 7) is 4.64. The Bertz CT molecular complexity index is 922. The van der Waals surface area contributed by atoms with E-state index in [2.05, 4.69) is 15.4 Å². The fraction of sp³-hybridized carbons (Fsp3) is 0.545. The second-order valence-corrected chi connectivity index (χ2v) is 7.83. The van der Waals surface area contributed by atoms with Gasteiger partial charge in [0.05, 0.1) is 12.6 Å². The number of aromatic nitrogens is 3. The highest BCUT2D eigenvalue weighted by Gasteiger charge is 2.25. The first-order valence-electron chi connectivity index (χ1n) is 11.0. The van der Waals surface area contributed by atoms with Gasteiger partial charge in [0.1, 0.15) is 12.2 Å². The molecule has 1 unspecified atom stereocenters. The Balaban J connectivity index is 1.42. The summed E-state index contributed by atoms with van der Waals surface area (Å²) in [6.07, 6.45) is 6.52. The molecule has 2 aromatic rings. The standard InChI is InChI=1S/C22H29N5O4/c1-2-30-19-13-16(22(29)25-17-7-6-12-27-21(17)23-15-24-27)8-9-18(19)31-14-20(28)26-10-4-3-5-11-26/h8-9,13,15,17H,2-7,10-12,14H2,1H3,(H,25,29). The molecule has 4 rings (SSSR count). The number of hydrogen-bond donors (Lipinski definition) is 1. The van der Waals surface area contributed by atoms with Gasteiger partial charge in [-0.25, -0.2) is 9.67 Å². The van der Waals surface area contributed by atoms with Crippen molar-refractivity contribution in [1.82, 2.24) is 25.0 Å². The minimum absolute atomic E-state index is 0.0228. The van der Waals surface area contributed by atoms with E-state index in [1.165, 1.54) is 12.7 Å². The van der Waals surface area contributed by atoms with Crippen molar-refractivity contribution in [3.8, 4) is 11.5 Å². The number of likely N-dealkylation sites (tertiary alicyclic amines) is 1. The molecule has 1 atom stereocenters. The number of nitrogens with one attached hydrogen (secondary N) is 1. The fourth-order valence-corrected chi connectivity index (χ4v) is 4.08. The lowest BCUT2D eigenvalue weighted by Gasteiger charge is -2.26. The fourth-order valence-electron chi connectivity index (χ4n) is 4.08. The Morgan fingerprint density at radius 2 is 1.94 bits per heavy atom. The first kappa shape index (κ1) is 21.1. The van der Waals surface area contributed by atoms with Gasteiger partial charge in [-0.05, 0) is 57.2 Å². The van der Waals surface area contributed by atoms with E-state index < -0.39 is 0 Å². The Hall–Kier alpha value is -3.10. The van der Waals surface area contributed by atoms with Crippen LogP contribution in [0.15, 0.2) is 24.5 Å². The molecule has 9 heteroatoms. The zero-order valence-corrected chi connectivity index (χ0v) is 17.9. The monoisotopic (exact) mass is 427 g/mol. The van der Waals surface area contributed by atoms with E-state index in [0.29, 0.717) is 23.7 Å². The van der Waals surface area contributed by atoms with Crippen LogP contribution in [-0.2, 0) is 11.3 Å². The van der Waals surface area contributed by atoms with Crippen LogP contribution in [0, 0.1) is 0 Å². The van der Waals surface area contributed by atoms with E-state index in [4.69, 9.17) is 9.47 Å². The Morgan fingerprint density at radius 3 is 2.74 bits per heavy atom. The summed E-state index contributed by atoms with van der Waals surface area (Å²) in [5, 5.41) is 7.23. The number of hydrogen-bond acceptors (Lipinski definition) is 6. The number of ether oxygens (including phenoxy) is 2. The highest BCUT2D eigenvalue weighted by atomic mass is 16.5. The summed E-state index contributed by atoms with van der Waals surface area (Å²) in [6, 6.07) is 4.86. The van der Waals surface area contributed by atoms with Crippen LogP contribution in [-0.4, -0.2) is 57.8 Å². The van der Waals surface area contributed by atoms with Gasteiger partial charge < -0.3 is 19.7 Å². The number of fused-ring (bicyclic) bond motifs is 1. The Morgan fingerprint density at radius 1 is 1.10 bits per heavy atom. The predicted octanol–water partition coefficient (Wildman–Crippen LogP) is 2.33. The van der Waals surface area contributed by atoms with Crippen molar-refractivity contribution in [2.45, 2.75) is 51.6 Å². The van der Waals surface area contributed by atoms with E-state index in [0.717, 1.165) is 51.1 Å². The molecule has 0 spiro atoms. The Kier molecular flexibility index (Phi) is 6.69. The van der Waals surface area contributed by atoms with Gasteiger partial charge in [-0.1, -0.05) is 0 Å². The molecule has 1 saturated heterocycles. The van der Waals surface area contributed by atoms with Gasteiger partial charge in [0.15, 0.2) is 18.1 Å². The van der Waals surface area contributed by atoms with Crippen LogP contribution < -0.4 is 14.8 Å². The minimum atomic E-state index is -0.210. The summed E-state index contributed by atoms with van der Waals surface area (Å²) in [4.78, 5) is 31.4. The molecule has 0 aliphatic carbocycles. The smallest absolute Gasteiger partial charge is 0.260 e. The third kappa shape index (κ3) is 4.98. The van der Waals surface area contributed by atoms with Gasteiger partial charge in [-0.3, -0.25) is 9.59 Å². The first-order chi connectivity index (χ1) is 15.2. The maximum absolute atomic E-state index is 12.9. The van der Waals surface area contributed by atoms with Crippen LogP contribution in [0.3, 0.4) is 0 Å². The minimum Gasteiger partial charge on any atom is -0.490 e. The molecule has 0 radical (unpaired) electrons. The average Bonchev–Trinajstić information content (AvgIpc) is 3.29. The van der Waals surface area contributed by atoms with Crippen molar-refractivity contribution in [2.75, 3.05) is 26.3 Å². The maximum atomic E-state index is 12.9. The van der Waals surface area contributed by atoms with Crippen molar-refractivity contribution in [2.24, 2.45) is 0 Å². The number of amides is 2. The average molecular weight is 428 g/mol. The van der Waals surface area contributed by atoms with Crippen LogP contribution in [0.5, 0.6) is 11.5 Å². The second-order valence-electron chi connectivity index (χ2n) is 7.83. The molecule has 0 bridgehead atoms. The largest absolute Gasteiger partial charge is 0.490 e. The zero-order chi connectivity index (χ0) is 21.6. The van der Waals surface area contributed by atoms with Gasteiger partial charge in [0.25, 0.3) is 11.8 Å². The molecule has 31 heavy (non-hydrogen) atoms. The second kappa shape index (κ2) is 9.80. The van der Waals surface area contributed by atoms with Crippen LogP contribution in [0.25, 0.3) is 0 Å². The SMILES string of the molecule is CCOc1cc(C(=O)NC2CCCn3ncnc32)ccc1OCC(=O)N1CCCCC1. The Labute approximate surface area is 181 Å². The van der Waals surface area contributed by atoms with Crippen LogP contribution >= 0.6 is 0 Å².